The summed E-state index contributed by atoms with van der Waals surface area (Å²) in [5, 5.41) is 10.8. The first kappa shape index (κ1) is 11.7. The minimum absolute atomic E-state index is 0.244. The molecule has 0 radical (unpaired) electrons. The molecule has 0 unspecified atom stereocenters. The maximum atomic E-state index is 11.1. The fourth-order valence-electron chi connectivity index (χ4n) is 2.63. The summed E-state index contributed by atoms with van der Waals surface area (Å²) in [7, 11) is 0. The molecule has 3 heterocycles. The summed E-state index contributed by atoms with van der Waals surface area (Å²) < 4.78 is 1.90. The highest BCUT2D eigenvalue weighted by atomic mass is 16.4. The molecule has 4 rings (SSSR count). The number of hydrogen-bond acceptors (Lipinski definition) is 4. The Morgan fingerprint density at radius 3 is 2.81 bits per heavy atom. The van der Waals surface area contributed by atoms with Crippen LogP contribution in [-0.4, -0.2) is 25.4 Å². The van der Waals surface area contributed by atoms with Crippen molar-refractivity contribution in [2.24, 2.45) is 0 Å². The van der Waals surface area contributed by atoms with Crippen molar-refractivity contribution >= 4 is 39.2 Å². The normalized spacial score (nSPS) is 11.4. The van der Waals surface area contributed by atoms with Gasteiger partial charge in [-0.25, -0.2) is 14.8 Å². The summed E-state index contributed by atoms with van der Waals surface area (Å²) in [5.74, 6) is -0.536. The van der Waals surface area contributed by atoms with E-state index in [9.17, 15) is 4.79 Å². The Kier molecular flexibility index (Phi) is 2.18. The van der Waals surface area contributed by atoms with Gasteiger partial charge in [-0.1, -0.05) is 0 Å². The van der Waals surface area contributed by atoms with E-state index < -0.39 is 5.97 Å². The molecule has 0 aliphatic rings. The van der Waals surface area contributed by atoms with Crippen molar-refractivity contribution in [3.05, 3.63) is 48.3 Å². The summed E-state index contributed by atoms with van der Waals surface area (Å²) in [6, 6.07) is 8.65. The van der Waals surface area contributed by atoms with Crippen LogP contribution in [0.2, 0.25) is 0 Å². The van der Waals surface area contributed by atoms with Gasteiger partial charge in [0.1, 0.15) is 11.5 Å². The monoisotopic (exact) mass is 278 g/mol. The van der Waals surface area contributed by atoms with Gasteiger partial charge in [-0.2, -0.15) is 0 Å². The number of carboxylic acids is 1. The van der Waals surface area contributed by atoms with Crippen LogP contribution in [0.1, 0.15) is 10.4 Å². The van der Waals surface area contributed by atoms with Gasteiger partial charge in [0, 0.05) is 23.2 Å². The second-order valence-electron chi connectivity index (χ2n) is 4.81. The van der Waals surface area contributed by atoms with E-state index in [-0.39, 0.29) is 5.56 Å². The fourth-order valence-corrected chi connectivity index (χ4v) is 2.63. The molecule has 0 saturated carbocycles. The number of hydrogen-bond donors (Lipinski definition) is 2. The molecule has 0 bridgehead atoms. The van der Waals surface area contributed by atoms with Crippen LogP contribution in [0.3, 0.4) is 0 Å². The maximum absolute atomic E-state index is 11.1. The molecular formula is C15H10N4O2. The zero-order valence-corrected chi connectivity index (χ0v) is 10.8. The average Bonchev–Trinajstić information content (AvgIpc) is 2.85. The molecule has 21 heavy (non-hydrogen) atoms. The van der Waals surface area contributed by atoms with Gasteiger partial charge in [0.25, 0.3) is 0 Å². The molecule has 6 heteroatoms. The SMILES string of the molecule is Nc1nccc2cnc3cc4cc(C(=O)O)ccc4n3c12. The number of rotatable bonds is 1. The van der Waals surface area contributed by atoms with Crippen molar-refractivity contribution in [2.45, 2.75) is 0 Å². The molecule has 0 aliphatic carbocycles. The number of benzene rings is 1. The second kappa shape index (κ2) is 3.92. The van der Waals surface area contributed by atoms with E-state index >= 15 is 0 Å². The lowest BCUT2D eigenvalue weighted by molar-refractivity contribution is 0.0697. The molecule has 3 aromatic heterocycles. The van der Waals surface area contributed by atoms with E-state index in [0.717, 1.165) is 21.8 Å². The molecule has 1 aromatic carbocycles. The Labute approximate surface area is 118 Å². The van der Waals surface area contributed by atoms with E-state index in [4.69, 9.17) is 10.8 Å². The summed E-state index contributed by atoms with van der Waals surface area (Å²) in [5.41, 5.74) is 8.58. The Bertz CT molecular complexity index is 1040. The third kappa shape index (κ3) is 1.56. The van der Waals surface area contributed by atoms with Crippen LogP contribution in [0.15, 0.2) is 42.7 Å². The molecule has 0 saturated heterocycles. The van der Waals surface area contributed by atoms with Gasteiger partial charge in [-0.15, -0.1) is 0 Å². The third-order valence-corrected chi connectivity index (χ3v) is 3.57. The minimum Gasteiger partial charge on any atom is -0.478 e. The highest BCUT2D eigenvalue weighted by Gasteiger charge is 2.12. The largest absolute Gasteiger partial charge is 0.478 e. The first-order valence-corrected chi connectivity index (χ1v) is 6.33. The predicted octanol–water partition coefficient (Wildman–Crippen LogP) is 2.32. The number of aromatic nitrogens is 3. The summed E-state index contributed by atoms with van der Waals surface area (Å²) in [6.07, 6.45) is 3.37. The first-order chi connectivity index (χ1) is 10.1. The number of pyridine rings is 1. The molecule has 0 atom stereocenters. The highest BCUT2D eigenvalue weighted by molar-refractivity contribution is 5.99. The Hall–Kier alpha value is -3.15. The summed E-state index contributed by atoms with van der Waals surface area (Å²) in [4.78, 5) is 19.6. The van der Waals surface area contributed by atoms with Crippen molar-refractivity contribution in [1.82, 2.24) is 14.4 Å². The van der Waals surface area contributed by atoms with Crippen molar-refractivity contribution in [3.8, 4) is 0 Å². The molecule has 102 valence electrons. The van der Waals surface area contributed by atoms with Crippen LogP contribution < -0.4 is 5.73 Å². The number of nitrogens with zero attached hydrogens (tertiary/aromatic N) is 3. The lowest BCUT2D eigenvalue weighted by atomic mass is 10.1. The van der Waals surface area contributed by atoms with E-state index in [1.54, 1.807) is 30.6 Å². The number of aromatic carboxylic acids is 1. The second-order valence-corrected chi connectivity index (χ2v) is 4.81. The summed E-state index contributed by atoms with van der Waals surface area (Å²) in [6.45, 7) is 0. The van der Waals surface area contributed by atoms with Crippen molar-refractivity contribution in [1.29, 1.82) is 0 Å². The van der Waals surface area contributed by atoms with E-state index in [0.29, 0.717) is 11.5 Å². The van der Waals surface area contributed by atoms with Crippen molar-refractivity contribution in [2.75, 3.05) is 5.73 Å². The number of anilines is 1. The van der Waals surface area contributed by atoms with Crippen LogP contribution in [-0.2, 0) is 0 Å². The quantitative estimate of drug-likeness (QED) is 0.557. The van der Waals surface area contributed by atoms with Gasteiger partial charge < -0.3 is 10.8 Å². The molecule has 0 fully saturated rings. The average molecular weight is 278 g/mol. The number of fused-ring (bicyclic) bond motifs is 5. The minimum atomic E-state index is -0.953. The van der Waals surface area contributed by atoms with Gasteiger partial charge in [-0.05, 0) is 30.3 Å². The smallest absolute Gasteiger partial charge is 0.335 e. The van der Waals surface area contributed by atoms with Gasteiger partial charge in [0.05, 0.1) is 16.6 Å². The predicted molar refractivity (Wildman–Crippen MR) is 79.4 cm³/mol. The Balaban J connectivity index is 2.23. The Morgan fingerprint density at radius 2 is 2.00 bits per heavy atom. The molecule has 4 aromatic rings. The van der Waals surface area contributed by atoms with Crippen LogP contribution in [0.25, 0.3) is 27.5 Å². The fraction of sp³-hybridized carbons (Fsp3) is 0. The van der Waals surface area contributed by atoms with Crippen molar-refractivity contribution < 1.29 is 9.90 Å². The molecule has 6 nitrogen and oxygen atoms in total. The van der Waals surface area contributed by atoms with Crippen molar-refractivity contribution in [3.63, 3.8) is 0 Å². The lowest BCUT2D eigenvalue weighted by Crippen LogP contribution is -1.98. The highest BCUT2D eigenvalue weighted by Crippen LogP contribution is 2.27. The first-order valence-electron chi connectivity index (χ1n) is 6.33. The van der Waals surface area contributed by atoms with Crippen LogP contribution in [0.4, 0.5) is 5.82 Å². The van der Waals surface area contributed by atoms with Gasteiger partial charge in [-0.3, -0.25) is 4.40 Å². The van der Waals surface area contributed by atoms with Crippen LogP contribution in [0, 0.1) is 0 Å². The van der Waals surface area contributed by atoms with Gasteiger partial charge >= 0.3 is 5.97 Å². The number of nitrogens with two attached hydrogens (primary N) is 1. The van der Waals surface area contributed by atoms with Crippen LogP contribution >= 0.6 is 0 Å². The zero-order chi connectivity index (χ0) is 14.6. The van der Waals surface area contributed by atoms with Gasteiger partial charge in [0.15, 0.2) is 0 Å². The lowest BCUT2D eigenvalue weighted by Gasteiger charge is -2.05. The van der Waals surface area contributed by atoms with E-state index in [2.05, 4.69) is 9.97 Å². The number of carbonyl (C=O) groups is 1. The maximum Gasteiger partial charge on any atom is 0.335 e. The third-order valence-electron chi connectivity index (χ3n) is 3.57. The number of carboxylic acid groups (broad SMARTS) is 1. The topological polar surface area (TPSA) is 93.5 Å². The van der Waals surface area contributed by atoms with E-state index in [1.165, 1.54) is 0 Å². The molecule has 3 N–H and O–H groups in total. The molecule has 0 spiro atoms. The van der Waals surface area contributed by atoms with Crippen LogP contribution in [0.5, 0.6) is 0 Å². The molecule has 0 amide bonds. The molecular weight excluding hydrogens is 268 g/mol. The zero-order valence-electron chi connectivity index (χ0n) is 10.8. The number of nitrogen functional groups attached to an aromatic ring is 1. The summed E-state index contributed by atoms with van der Waals surface area (Å²) >= 11 is 0. The molecule has 0 aliphatic heterocycles. The Morgan fingerprint density at radius 1 is 1.14 bits per heavy atom. The van der Waals surface area contributed by atoms with Gasteiger partial charge in [0.2, 0.25) is 0 Å². The standard InChI is InChI=1S/C15H10N4O2/c16-14-13-9(3-4-17-14)7-18-12-6-10-5-8(15(20)21)1-2-11(10)19(12)13/h1-7H,(H2,16,17)(H,20,21). The van der Waals surface area contributed by atoms with E-state index in [1.807, 2.05) is 16.5 Å².